The van der Waals surface area contributed by atoms with Crippen LogP contribution in [-0.2, 0) is 6.18 Å². The van der Waals surface area contributed by atoms with E-state index in [1.807, 2.05) is 0 Å². The molecule has 2 N–H and O–H groups in total. The van der Waals surface area contributed by atoms with Gasteiger partial charge in [0.1, 0.15) is 23.3 Å². The first kappa shape index (κ1) is 21.6. The van der Waals surface area contributed by atoms with E-state index in [-0.39, 0.29) is 41.8 Å². The van der Waals surface area contributed by atoms with E-state index >= 15 is 4.39 Å². The summed E-state index contributed by atoms with van der Waals surface area (Å²) in [5, 5.41) is 0. The molecule has 12 heteroatoms. The van der Waals surface area contributed by atoms with Gasteiger partial charge in [0.2, 0.25) is 0 Å². The molecule has 0 spiro atoms. The second-order valence-electron chi connectivity index (χ2n) is 8.59. The highest BCUT2D eigenvalue weighted by Crippen LogP contribution is 2.47. The third-order valence-electron chi connectivity index (χ3n) is 6.59. The molecule has 2 atom stereocenters. The fourth-order valence-electron chi connectivity index (χ4n) is 4.93. The molecule has 4 aromatic rings. The van der Waals surface area contributed by atoms with Gasteiger partial charge in [0.25, 0.3) is 5.91 Å². The molecule has 2 aliphatic rings. The van der Waals surface area contributed by atoms with Crippen LogP contribution in [0.1, 0.15) is 40.4 Å². The van der Waals surface area contributed by atoms with Gasteiger partial charge in [0, 0.05) is 31.0 Å². The maximum absolute atomic E-state index is 15.1. The number of rotatable bonds is 1. The predicted molar refractivity (Wildman–Crippen MR) is 114 cm³/mol. The second-order valence-corrected chi connectivity index (χ2v) is 8.59. The Labute approximate surface area is 193 Å². The van der Waals surface area contributed by atoms with Gasteiger partial charge in [-0.15, -0.1) is 0 Å². The molecule has 1 fully saturated rings. The number of amides is 1. The Morgan fingerprint density at radius 2 is 1.97 bits per heavy atom. The largest absolute Gasteiger partial charge is 0.487 e. The van der Waals surface area contributed by atoms with Crippen molar-refractivity contribution in [3.05, 3.63) is 65.1 Å². The lowest BCUT2D eigenvalue weighted by Gasteiger charge is -2.44. The average Bonchev–Trinajstić information content (AvgIpc) is 3.29. The lowest BCUT2D eigenvalue weighted by atomic mass is 9.88. The molecule has 4 heterocycles. The fourth-order valence-corrected chi connectivity index (χ4v) is 4.93. The topological polar surface area (TPSA) is 85.8 Å². The molecule has 180 valence electrons. The van der Waals surface area contributed by atoms with E-state index in [2.05, 4.69) is 9.97 Å². The van der Waals surface area contributed by atoms with Crippen molar-refractivity contribution in [1.29, 1.82) is 0 Å². The Balaban J connectivity index is 1.44. The zero-order valence-corrected chi connectivity index (χ0v) is 17.8. The van der Waals surface area contributed by atoms with Gasteiger partial charge >= 0.3 is 6.18 Å². The van der Waals surface area contributed by atoms with Gasteiger partial charge in [-0.25, -0.2) is 18.7 Å². The summed E-state index contributed by atoms with van der Waals surface area (Å²) in [6.07, 6.45) is -1.99. The minimum atomic E-state index is -4.89. The second kappa shape index (κ2) is 7.27. The van der Waals surface area contributed by atoms with Crippen LogP contribution < -0.4 is 10.5 Å². The van der Waals surface area contributed by atoms with Crippen LogP contribution in [0, 0.1) is 11.6 Å². The molecule has 0 unspecified atom stereocenters. The Kier molecular flexibility index (Phi) is 4.48. The van der Waals surface area contributed by atoms with Gasteiger partial charge in [0.15, 0.2) is 11.6 Å². The molecule has 1 saturated heterocycles. The molecule has 0 radical (unpaired) electrons. The number of benzene rings is 2. The number of likely N-dealkylation sites (tertiary alicyclic amines) is 1. The Morgan fingerprint density at radius 1 is 1.17 bits per heavy atom. The number of carbonyl (C=O) groups excluding carboxylic acids is 1. The minimum absolute atomic E-state index is 0.118. The predicted octanol–water partition coefficient (Wildman–Crippen LogP) is 4.50. The van der Waals surface area contributed by atoms with Crippen LogP contribution in [0.25, 0.3) is 16.6 Å². The van der Waals surface area contributed by atoms with Crippen LogP contribution >= 0.6 is 0 Å². The summed E-state index contributed by atoms with van der Waals surface area (Å²) >= 11 is 0. The number of anilines is 1. The van der Waals surface area contributed by atoms with Crippen LogP contribution in [-0.4, -0.2) is 37.8 Å². The van der Waals surface area contributed by atoms with E-state index in [4.69, 9.17) is 10.5 Å². The monoisotopic (exact) mass is 489 g/mol. The van der Waals surface area contributed by atoms with Crippen molar-refractivity contribution in [2.75, 3.05) is 12.3 Å². The summed E-state index contributed by atoms with van der Waals surface area (Å²) in [7, 11) is 0. The molecular weight excluding hydrogens is 473 g/mol. The number of nitrogens with zero attached hydrogens (tertiary/aromatic N) is 4. The zero-order valence-electron chi connectivity index (χ0n) is 17.8. The van der Waals surface area contributed by atoms with E-state index < -0.39 is 47.2 Å². The summed E-state index contributed by atoms with van der Waals surface area (Å²) < 4.78 is 76.5. The van der Waals surface area contributed by atoms with E-state index in [0.717, 1.165) is 12.1 Å². The molecule has 2 aromatic heterocycles. The number of hydrogen-bond donors (Lipinski definition) is 1. The van der Waals surface area contributed by atoms with Gasteiger partial charge < -0.3 is 15.4 Å². The number of alkyl halides is 3. The van der Waals surface area contributed by atoms with E-state index in [0.29, 0.717) is 17.1 Å². The lowest BCUT2D eigenvalue weighted by molar-refractivity contribution is -0.140. The van der Waals surface area contributed by atoms with E-state index in [1.54, 1.807) is 4.40 Å². The van der Waals surface area contributed by atoms with Gasteiger partial charge in [0.05, 0.1) is 40.7 Å². The molecule has 0 saturated carbocycles. The summed E-state index contributed by atoms with van der Waals surface area (Å²) in [5.41, 5.74) is 5.43. The van der Waals surface area contributed by atoms with Crippen molar-refractivity contribution in [3.63, 3.8) is 0 Å². The molecule has 0 aliphatic carbocycles. The number of carbonyl (C=O) groups is 1. The van der Waals surface area contributed by atoms with Crippen molar-refractivity contribution in [3.8, 4) is 5.75 Å². The number of imidazole rings is 1. The number of nitrogen functional groups attached to an aromatic ring is 1. The van der Waals surface area contributed by atoms with Gasteiger partial charge in [-0.05, 0) is 12.1 Å². The number of nitrogens with two attached hydrogens (primary N) is 1. The molecular formula is C23H16F5N5O2. The van der Waals surface area contributed by atoms with Gasteiger partial charge in [-0.1, -0.05) is 6.07 Å². The van der Waals surface area contributed by atoms with Crippen molar-refractivity contribution < 1.29 is 31.5 Å². The van der Waals surface area contributed by atoms with Crippen molar-refractivity contribution in [1.82, 2.24) is 19.3 Å². The van der Waals surface area contributed by atoms with Crippen LogP contribution in [0.4, 0.5) is 27.8 Å². The average molecular weight is 489 g/mol. The third kappa shape index (κ3) is 3.19. The molecule has 7 nitrogen and oxygen atoms in total. The van der Waals surface area contributed by atoms with Crippen LogP contribution in [0.15, 0.2) is 36.8 Å². The lowest BCUT2D eigenvalue weighted by Crippen LogP contribution is -2.47. The summed E-state index contributed by atoms with van der Waals surface area (Å²) in [6.45, 7) is 0.161. The fraction of sp³-hybridized carbons (Fsp3) is 0.261. The summed E-state index contributed by atoms with van der Waals surface area (Å²) in [4.78, 5) is 23.1. The molecule has 2 aromatic carbocycles. The number of ether oxygens (including phenoxy) is 1. The SMILES string of the molecule is Nc1nc2cc(F)c(C(=O)N3CC[C@@H]4C[C@@H]3c3ccc(C(F)(F)F)c(F)c3O4)cc2n2cncc12. The van der Waals surface area contributed by atoms with Crippen LogP contribution in [0.5, 0.6) is 5.75 Å². The highest BCUT2D eigenvalue weighted by atomic mass is 19.4. The molecule has 2 aliphatic heterocycles. The zero-order chi connectivity index (χ0) is 24.6. The van der Waals surface area contributed by atoms with Crippen LogP contribution in [0.3, 0.4) is 0 Å². The standard InChI is InChI=1S/C23H16F5N5O2/c24-14-7-15-17(33-9-30-8-18(33)21(29)31-15)6-12(14)22(34)32-4-3-10-5-16(32)11-1-2-13(23(26,27)28)19(25)20(11)35-10/h1-2,6-10,16H,3-5H2,(H2,29,31)/t10-,16-/m1/s1. The Morgan fingerprint density at radius 3 is 2.74 bits per heavy atom. The number of aromatic nitrogens is 3. The number of fused-ring (bicyclic) bond motifs is 7. The smallest absolute Gasteiger partial charge is 0.419 e. The highest BCUT2D eigenvalue weighted by molar-refractivity contribution is 5.99. The number of piperidine rings is 1. The summed E-state index contributed by atoms with van der Waals surface area (Å²) in [5.74, 6) is -3.39. The Hall–Kier alpha value is -3.96. The van der Waals surface area contributed by atoms with E-state index in [1.165, 1.54) is 23.5 Å². The molecule has 1 amide bonds. The molecule has 2 bridgehead atoms. The van der Waals surface area contributed by atoms with Crippen molar-refractivity contribution in [2.24, 2.45) is 0 Å². The Bertz CT molecular complexity index is 1530. The van der Waals surface area contributed by atoms with Crippen molar-refractivity contribution >= 4 is 28.3 Å². The molecule has 35 heavy (non-hydrogen) atoms. The summed E-state index contributed by atoms with van der Waals surface area (Å²) in [6, 6.07) is 3.42. The van der Waals surface area contributed by atoms with Gasteiger partial charge in [-0.3, -0.25) is 9.20 Å². The van der Waals surface area contributed by atoms with Gasteiger partial charge in [-0.2, -0.15) is 13.2 Å². The maximum atomic E-state index is 15.1. The van der Waals surface area contributed by atoms with E-state index in [9.17, 15) is 22.4 Å². The van der Waals surface area contributed by atoms with Crippen LogP contribution in [0.2, 0.25) is 0 Å². The van der Waals surface area contributed by atoms with Crippen molar-refractivity contribution in [2.45, 2.75) is 31.2 Å². The highest BCUT2D eigenvalue weighted by Gasteiger charge is 2.44. The number of halogens is 5. The third-order valence-corrected chi connectivity index (χ3v) is 6.59. The first-order valence-corrected chi connectivity index (χ1v) is 10.7. The normalized spacial score (nSPS) is 19.6. The molecule has 6 rings (SSSR count). The quantitative estimate of drug-likeness (QED) is 0.398. The number of hydrogen-bond acceptors (Lipinski definition) is 5. The maximum Gasteiger partial charge on any atom is 0.419 e. The first-order valence-electron chi connectivity index (χ1n) is 10.7. The minimum Gasteiger partial charge on any atom is -0.487 e. The first-order chi connectivity index (χ1) is 16.6.